The number of hydrogen-bond acceptors (Lipinski definition) is 7. The van der Waals surface area contributed by atoms with Crippen molar-refractivity contribution in [2.24, 2.45) is 11.7 Å². The zero-order valence-corrected chi connectivity index (χ0v) is 20.7. The Labute approximate surface area is 215 Å². The summed E-state index contributed by atoms with van der Waals surface area (Å²) in [5, 5.41) is 8.87. The number of ether oxygens (including phenoxy) is 1. The Morgan fingerprint density at radius 1 is 1.18 bits per heavy atom. The summed E-state index contributed by atoms with van der Waals surface area (Å²) in [6, 6.07) is 4.51. The Morgan fingerprint density at radius 3 is 2.61 bits per heavy atom. The van der Waals surface area contributed by atoms with E-state index in [2.05, 4.69) is 25.9 Å². The fourth-order valence-corrected chi connectivity index (χ4v) is 4.20. The molecule has 3 amide bonds. The Balaban J connectivity index is 1.35. The summed E-state index contributed by atoms with van der Waals surface area (Å²) in [4.78, 5) is 33.0. The summed E-state index contributed by atoms with van der Waals surface area (Å²) in [5.41, 5.74) is 5.25. The van der Waals surface area contributed by atoms with Gasteiger partial charge in [0.2, 0.25) is 5.89 Å². The van der Waals surface area contributed by atoms with Crippen molar-refractivity contribution in [2.45, 2.75) is 50.5 Å². The van der Waals surface area contributed by atoms with Crippen molar-refractivity contribution in [1.82, 2.24) is 25.9 Å². The third kappa shape index (κ3) is 5.37. The standard InChI is InChI=1S/C25H27F3N6O4/c1-11(29)21-20(22(35)30-10-12-9-16(12)32-24(36)31-13-3-4-13)34-23(38-21)15-5-7-17(37-2)19-14(15)6-8-18(33-19)25(26,27)28/h5-8,11-13,16H,3-4,9-10,29H2,1-2H3,(H,30,35)(H2,31,32,36)/t11-,12-,16+/m0/s1. The molecule has 5 N–H and O–H groups in total. The lowest BCUT2D eigenvalue weighted by Crippen LogP contribution is -2.39. The molecule has 2 aliphatic rings. The summed E-state index contributed by atoms with van der Waals surface area (Å²) in [6.45, 7) is 1.95. The van der Waals surface area contributed by atoms with E-state index in [9.17, 15) is 22.8 Å². The van der Waals surface area contributed by atoms with Crippen LogP contribution in [0.25, 0.3) is 22.4 Å². The summed E-state index contributed by atoms with van der Waals surface area (Å²) in [5.74, 6) is -0.121. The minimum absolute atomic E-state index is 0.0133. The van der Waals surface area contributed by atoms with Crippen LogP contribution in [-0.2, 0) is 6.18 Å². The van der Waals surface area contributed by atoms with Gasteiger partial charge in [-0.1, -0.05) is 0 Å². The largest absolute Gasteiger partial charge is 0.494 e. The minimum atomic E-state index is -4.64. The van der Waals surface area contributed by atoms with Crippen molar-refractivity contribution >= 4 is 22.8 Å². The number of nitrogens with two attached hydrogens (primary N) is 1. The number of nitrogens with zero attached hydrogens (tertiary/aromatic N) is 2. The highest BCUT2D eigenvalue weighted by Crippen LogP contribution is 2.37. The second-order valence-corrected chi connectivity index (χ2v) is 9.63. The van der Waals surface area contributed by atoms with Crippen LogP contribution in [0.15, 0.2) is 28.7 Å². The van der Waals surface area contributed by atoms with E-state index >= 15 is 0 Å². The van der Waals surface area contributed by atoms with Crippen molar-refractivity contribution in [1.29, 1.82) is 0 Å². The van der Waals surface area contributed by atoms with E-state index in [1.165, 1.54) is 19.2 Å². The van der Waals surface area contributed by atoms with E-state index in [1.807, 2.05) is 0 Å². The molecule has 0 spiro atoms. The lowest BCUT2D eigenvalue weighted by atomic mass is 10.1. The topological polar surface area (TPSA) is 144 Å². The molecule has 0 bridgehead atoms. The van der Waals surface area contributed by atoms with Crippen LogP contribution in [0.1, 0.15) is 54.2 Å². The quantitative estimate of drug-likeness (QED) is 0.347. The van der Waals surface area contributed by atoms with Gasteiger partial charge < -0.3 is 30.8 Å². The normalized spacial score (nSPS) is 19.6. The molecule has 202 valence electrons. The van der Waals surface area contributed by atoms with Crippen molar-refractivity contribution in [2.75, 3.05) is 13.7 Å². The molecule has 2 fully saturated rings. The van der Waals surface area contributed by atoms with Crippen molar-refractivity contribution in [3.05, 3.63) is 41.4 Å². The number of amides is 3. The van der Waals surface area contributed by atoms with E-state index in [-0.39, 0.29) is 52.6 Å². The summed E-state index contributed by atoms with van der Waals surface area (Å²) >= 11 is 0. The van der Waals surface area contributed by atoms with E-state index in [1.54, 1.807) is 13.0 Å². The maximum Gasteiger partial charge on any atom is 0.433 e. The number of fused-ring (bicyclic) bond motifs is 1. The zero-order valence-electron chi connectivity index (χ0n) is 20.7. The summed E-state index contributed by atoms with van der Waals surface area (Å²) < 4.78 is 50.9. The van der Waals surface area contributed by atoms with Gasteiger partial charge in [-0.3, -0.25) is 4.79 Å². The van der Waals surface area contributed by atoms with Gasteiger partial charge in [0.05, 0.1) is 13.2 Å². The molecule has 0 radical (unpaired) electrons. The molecule has 0 saturated heterocycles. The maximum absolute atomic E-state index is 13.3. The van der Waals surface area contributed by atoms with Crippen LogP contribution in [-0.4, -0.2) is 47.6 Å². The second kappa shape index (κ2) is 9.78. The molecule has 38 heavy (non-hydrogen) atoms. The minimum Gasteiger partial charge on any atom is -0.494 e. The van der Waals surface area contributed by atoms with Crippen LogP contribution >= 0.6 is 0 Å². The number of methoxy groups -OCH3 is 1. The number of rotatable bonds is 8. The highest BCUT2D eigenvalue weighted by atomic mass is 19.4. The number of benzene rings is 1. The first-order valence-corrected chi connectivity index (χ1v) is 12.2. The average molecular weight is 533 g/mol. The first-order chi connectivity index (χ1) is 18.0. The van der Waals surface area contributed by atoms with Gasteiger partial charge in [-0.15, -0.1) is 0 Å². The monoisotopic (exact) mass is 532 g/mol. The van der Waals surface area contributed by atoms with Gasteiger partial charge in [0.25, 0.3) is 5.91 Å². The number of alkyl halides is 3. The van der Waals surface area contributed by atoms with Crippen LogP contribution in [0.2, 0.25) is 0 Å². The number of nitrogens with one attached hydrogen (secondary N) is 3. The maximum atomic E-state index is 13.3. The first-order valence-electron chi connectivity index (χ1n) is 12.2. The molecule has 0 aliphatic heterocycles. The molecular formula is C25H27F3N6O4. The van der Waals surface area contributed by atoms with Gasteiger partial charge in [0.15, 0.2) is 11.5 Å². The predicted octanol–water partition coefficient (Wildman–Crippen LogP) is 3.52. The first kappa shape index (κ1) is 25.8. The van der Waals surface area contributed by atoms with Crippen LogP contribution in [0.5, 0.6) is 5.75 Å². The fraction of sp³-hybridized carbons (Fsp3) is 0.440. The molecular weight excluding hydrogens is 505 g/mol. The summed E-state index contributed by atoms with van der Waals surface area (Å²) in [6.07, 6.45) is -1.90. The highest BCUT2D eigenvalue weighted by molar-refractivity contribution is 5.98. The Bertz CT molecular complexity index is 1390. The third-order valence-corrected chi connectivity index (χ3v) is 6.52. The number of carbonyl (C=O) groups excluding carboxylic acids is 2. The van der Waals surface area contributed by atoms with Crippen molar-refractivity contribution < 1.29 is 31.9 Å². The molecule has 3 atom stereocenters. The number of urea groups is 1. The van der Waals surface area contributed by atoms with E-state index in [0.717, 1.165) is 25.3 Å². The van der Waals surface area contributed by atoms with Crippen molar-refractivity contribution in [3.63, 3.8) is 0 Å². The van der Waals surface area contributed by atoms with Crippen LogP contribution in [0.3, 0.4) is 0 Å². The molecule has 2 aliphatic carbocycles. The van der Waals surface area contributed by atoms with E-state index in [4.69, 9.17) is 14.9 Å². The second-order valence-electron chi connectivity index (χ2n) is 9.63. The Hall–Kier alpha value is -3.87. The van der Waals surface area contributed by atoms with Crippen LogP contribution < -0.4 is 26.4 Å². The average Bonchev–Trinajstić information content (AvgIpc) is 3.78. The Morgan fingerprint density at radius 2 is 1.95 bits per heavy atom. The van der Waals surface area contributed by atoms with E-state index < -0.39 is 23.8 Å². The number of oxazole rings is 1. The molecule has 3 aromatic rings. The highest BCUT2D eigenvalue weighted by Gasteiger charge is 2.39. The van der Waals surface area contributed by atoms with Crippen LogP contribution in [0.4, 0.5) is 18.0 Å². The lowest BCUT2D eigenvalue weighted by Gasteiger charge is -2.11. The molecule has 2 heterocycles. The van der Waals surface area contributed by atoms with Gasteiger partial charge in [0, 0.05) is 29.6 Å². The number of aromatic nitrogens is 2. The molecule has 5 rings (SSSR count). The molecule has 2 aromatic heterocycles. The van der Waals surface area contributed by atoms with Gasteiger partial charge in [-0.2, -0.15) is 13.2 Å². The number of pyridine rings is 1. The van der Waals surface area contributed by atoms with Crippen LogP contribution in [0, 0.1) is 5.92 Å². The zero-order chi connectivity index (χ0) is 27.2. The molecule has 13 heteroatoms. The SMILES string of the molecule is COc1ccc(-c2nc(C(=O)NC[C@@H]3C[C@H]3NC(=O)NC3CC3)c([C@H](C)N)o2)c2ccc(C(F)(F)F)nc12. The number of hydrogen-bond donors (Lipinski definition) is 4. The van der Waals surface area contributed by atoms with E-state index in [0.29, 0.717) is 17.5 Å². The molecule has 0 unspecified atom stereocenters. The van der Waals surface area contributed by atoms with Gasteiger partial charge in [0.1, 0.15) is 17.0 Å². The van der Waals surface area contributed by atoms with Crippen molar-refractivity contribution in [3.8, 4) is 17.2 Å². The van der Waals surface area contributed by atoms with Gasteiger partial charge in [-0.25, -0.2) is 14.8 Å². The molecule has 10 nitrogen and oxygen atoms in total. The van der Waals surface area contributed by atoms with Gasteiger partial charge >= 0.3 is 12.2 Å². The fourth-order valence-electron chi connectivity index (χ4n) is 4.20. The lowest BCUT2D eigenvalue weighted by molar-refractivity contribution is -0.140. The van der Waals surface area contributed by atoms with Gasteiger partial charge in [-0.05, 0) is 56.4 Å². The third-order valence-electron chi connectivity index (χ3n) is 6.52. The number of carbonyl (C=O) groups is 2. The predicted molar refractivity (Wildman–Crippen MR) is 130 cm³/mol. The molecule has 1 aromatic carbocycles. The summed E-state index contributed by atoms with van der Waals surface area (Å²) in [7, 11) is 1.33. The molecule has 2 saturated carbocycles. The Kier molecular flexibility index (Phi) is 6.63. The number of halogens is 3. The smallest absolute Gasteiger partial charge is 0.433 e.